The molecule has 0 radical (unpaired) electrons. The van der Waals surface area contributed by atoms with Gasteiger partial charge in [-0.1, -0.05) is 12.1 Å². The molecule has 1 saturated heterocycles. The average molecular weight is 276 g/mol. The molecule has 0 aromatic heterocycles. The van der Waals surface area contributed by atoms with E-state index in [0.29, 0.717) is 12.3 Å². The topological polar surface area (TPSA) is 55.6 Å². The van der Waals surface area contributed by atoms with Crippen molar-refractivity contribution >= 4 is 11.6 Å². The Balaban J connectivity index is 1.78. The Hall–Kier alpha value is -1.55. The molecule has 1 aliphatic rings. The molecule has 0 saturated carbocycles. The van der Waals surface area contributed by atoms with Crippen LogP contribution in [0.15, 0.2) is 24.3 Å². The summed E-state index contributed by atoms with van der Waals surface area (Å²) in [6, 6.07) is 7.54. The van der Waals surface area contributed by atoms with E-state index in [1.54, 1.807) is 0 Å². The van der Waals surface area contributed by atoms with Crippen LogP contribution in [0.1, 0.15) is 25.3 Å². The standard InChI is InChI=1S/C16H24N2O2/c1-2-20-12-14-7-9-18(10-8-14)16(19)11-13-3-5-15(17)6-4-13/h3-6,14H,2,7-12,17H2,1H3. The number of benzene rings is 1. The molecule has 0 unspecified atom stereocenters. The third kappa shape index (κ3) is 4.23. The zero-order chi connectivity index (χ0) is 14.4. The Bertz CT molecular complexity index is 423. The summed E-state index contributed by atoms with van der Waals surface area (Å²) in [5.41, 5.74) is 7.41. The maximum atomic E-state index is 12.2. The van der Waals surface area contributed by atoms with E-state index in [4.69, 9.17) is 10.5 Å². The van der Waals surface area contributed by atoms with Gasteiger partial charge in [-0.05, 0) is 43.4 Å². The minimum Gasteiger partial charge on any atom is -0.399 e. The molecule has 110 valence electrons. The number of rotatable bonds is 5. The number of piperidine rings is 1. The highest BCUT2D eigenvalue weighted by molar-refractivity contribution is 5.79. The molecular weight excluding hydrogens is 252 g/mol. The molecule has 20 heavy (non-hydrogen) atoms. The molecule has 1 aromatic rings. The molecule has 2 rings (SSSR count). The highest BCUT2D eigenvalue weighted by Crippen LogP contribution is 2.18. The smallest absolute Gasteiger partial charge is 0.226 e. The summed E-state index contributed by atoms with van der Waals surface area (Å²) in [4.78, 5) is 14.2. The SMILES string of the molecule is CCOCC1CCN(C(=O)Cc2ccc(N)cc2)CC1. The number of anilines is 1. The van der Waals surface area contributed by atoms with Crippen LogP contribution in [0, 0.1) is 5.92 Å². The summed E-state index contributed by atoms with van der Waals surface area (Å²) in [6.45, 7) is 5.33. The molecule has 1 fully saturated rings. The molecule has 0 atom stereocenters. The maximum Gasteiger partial charge on any atom is 0.226 e. The molecule has 1 amide bonds. The van der Waals surface area contributed by atoms with Crippen LogP contribution in [-0.2, 0) is 16.0 Å². The number of carbonyl (C=O) groups is 1. The number of hydrogen-bond donors (Lipinski definition) is 1. The van der Waals surface area contributed by atoms with E-state index in [0.717, 1.165) is 50.4 Å². The van der Waals surface area contributed by atoms with Gasteiger partial charge in [-0.2, -0.15) is 0 Å². The lowest BCUT2D eigenvalue weighted by molar-refractivity contribution is -0.132. The monoisotopic (exact) mass is 276 g/mol. The van der Waals surface area contributed by atoms with Gasteiger partial charge in [0.25, 0.3) is 0 Å². The van der Waals surface area contributed by atoms with Crippen molar-refractivity contribution in [3.05, 3.63) is 29.8 Å². The number of nitrogens with two attached hydrogens (primary N) is 1. The van der Waals surface area contributed by atoms with Gasteiger partial charge in [0.1, 0.15) is 0 Å². The van der Waals surface area contributed by atoms with Gasteiger partial charge >= 0.3 is 0 Å². The molecule has 4 heteroatoms. The maximum absolute atomic E-state index is 12.2. The fraction of sp³-hybridized carbons (Fsp3) is 0.562. The van der Waals surface area contributed by atoms with E-state index >= 15 is 0 Å². The van der Waals surface area contributed by atoms with E-state index in [1.807, 2.05) is 36.1 Å². The van der Waals surface area contributed by atoms with Crippen molar-refractivity contribution in [1.29, 1.82) is 0 Å². The molecule has 1 aromatic carbocycles. The van der Waals surface area contributed by atoms with E-state index in [2.05, 4.69) is 0 Å². The number of nitrogen functional groups attached to an aromatic ring is 1. The van der Waals surface area contributed by atoms with Gasteiger partial charge in [0.2, 0.25) is 5.91 Å². The summed E-state index contributed by atoms with van der Waals surface area (Å²) < 4.78 is 5.46. The fourth-order valence-corrected chi connectivity index (χ4v) is 2.56. The van der Waals surface area contributed by atoms with Crippen molar-refractivity contribution in [3.8, 4) is 0 Å². The first-order valence-corrected chi connectivity index (χ1v) is 7.39. The van der Waals surface area contributed by atoms with E-state index < -0.39 is 0 Å². The second kappa shape index (κ2) is 7.29. The highest BCUT2D eigenvalue weighted by atomic mass is 16.5. The Kier molecular flexibility index (Phi) is 5.41. The van der Waals surface area contributed by atoms with Crippen LogP contribution in [-0.4, -0.2) is 37.1 Å². The fourth-order valence-electron chi connectivity index (χ4n) is 2.56. The minimum atomic E-state index is 0.213. The second-order valence-corrected chi connectivity index (χ2v) is 5.40. The number of hydrogen-bond acceptors (Lipinski definition) is 3. The highest BCUT2D eigenvalue weighted by Gasteiger charge is 2.22. The number of amides is 1. The zero-order valence-corrected chi connectivity index (χ0v) is 12.2. The molecule has 2 N–H and O–H groups in total. The van der Waals surface area contributed by atoms with Gasteiger partial charge in [0, 0.05) is 32.0 Å². The van der Waals surface area contributed by atoms with Crippen molar-refractivity contribution < 1.29 is 9.53 Å². The van der Waals surface area contributed by atoms with Crippen LogP contribution in [0.3, 0.4) is 0 Å². The summed E-state index contributed by atoms with van der Waals surface area (Å²) in [5, 5.41) is 0. The van der Waals surface area contributed by atoms with Crippen LogP contribution in [0.2, 0.25) is 0 Å². The first kappa shape index (κ1) is 14.9. The Morgan fingerprint density at radius 2 is 1.95 bits per heavy atom. The third-order valence-corrected chi connectivity index (χ3v) is 3.86. The molecule has 0 aliphatic carbocycles. The van der Waals surface area contributed by atoms with Gasteiger partial charge in [0.05, 0.1) is 6.42 Å². The van der Waals surface area contributed by atoms with Crippen molar-refractivity contribution in [2.75, 3.05) is 32.0 Å². The molecule has 0 spiro atoms. The quantitative estimate of drug-likeness (QED) is 0.838. The predicted octanol–water partition coefficient (Wildman–Crippen LogP) is 2.09. The number of nitrogens with zero attached hydrogens (tertiary/aromatic N) is 1. The van der Waals surface area contributed by atoms with Gasteiger partial charge in [0.15, 0.2) is 0 Å². The van der Waals surface area contributed by atoms with Crippen LogP contribution in [0.4, 0.5) is 5.69 Å². The Morgan fingerprint density at radius 1 is 1.30 bits per heavy atom. The molecule has 0 bridgehead atoms. The van der Waals surface area contributed by atoms with Gasteiger partial charge < -0.3 is 15.4 Å². The lowest BCUT2D eigenvalue weighted by Crippen LogP contribution is -2.40. The Morgan fingerprint density at radius 3 is 2.55 bits per heavy atom. The minimum absolute atomic E-state index is 0.213. The summed E-state index contributed by atoms with van der Waals surface area (Å²) in [7, 11) is 0. The second-order valence-electron chi connectivity index (χ2n) is 5.40. The largest absolute Gasteiger partial charge is 0.399 e. The van der Waals surface area contributed by atoms with Crippen LogP contribution in [0.5, 0.6) is 0 Å². The van der Waals surface area contributed by atoms with E-state index in [-0.39, 0.29) is 5.91 Å². The lowest BCUT2D eigenvalue weighted by Gasteiger charge is -2.32. The molecule has 1 heterocycles. The lowest BCUT2D eigenvalue weighted by atomic mass is 9.97. The van der Waals surface area contributed by atoms with Crippen molar-refractivity contribution in [3.63, 3.8) is 0 Å². The summed E-state index contributed by atoms with van der Waals surface area (Å²) in [6.07, 6.45) is 2.57. The third-order valence-electron chi connectivity index (χ3n) is 3.86. The number of ether oxygens (including phenoxy) is 1. The van der Waals surface area contributed by atoms with Gasteiger partial charge in [-0.3, -0.25) is 4.79 Å². The van der Waals surface area contributed by atoms with Crippen molar-refractivity contribution in [2.24, 2.45) is 5.92 Å². The van der Waals surface area contributed by atoms with Crippen molar-refractivity contribution in [1.82, 2.24) is 4.90 Å². The molecular formula is C16H24N2O2. The van der Waals surface area contributed by atoms with Crippen molar-refractivity contribution in [2.45, 2.75) is 26.2 Å². The normalized spacial score (nSPS) is 16.4. The average Bonchev–Trinajstić information content (AvgIpc) is 2.48. The predicted molar refractivity (Wildman–Crippen MR) is 80.4 cm³/mol. The first-order valence-electron chi connectivity index (χ1n) is 7.39. The van der Waals surface area contributed by atoms with Crippen LogP contribution >= 0.6 is 0 Å². The van der Waals surface area contributed by atoms with E-state index in [1.165, 1.54) is 0 Å². The van der Waals surface area contributed by atoms with E-state index in [9.17, 15) is 4.79 Å². The van der Waals surface area contributed by atoms with Crippen LogP contribution in [0.25, 0.3) is 0 Å². The molecule has 4 nitrogen and oxygen atoms in total. The number of likely N-dealkylation sites (tertiary alicyclic amines) is 1. The molecule has 1 aliphatic heterocycles. The van der Waals surface area contributed by atoms with Gasteiger partial charge in [-0.25, -0.2) is 0 Å². The number of carbonyl (C=O) groups excluding carboxylic acids is 1. The summed E-state index contributed by atoms with van der Waals surface area (Å²) >= 11 is 0. The first-order chi connectivity index (χ1) is 9.69. The van der Waals surface area contributed by atoms with Crippen LogP contribution < -0.4 is 5.73 Å². The van der Waals surface area contributed by atoms with Gasteiger partial charge in [-0.15, -0.1) is 0 Å². The Labute approximate surface area is 120 Å². The zero-order valence-electron chi connectivity index (χ0n) is 12.2. The summed E-state index contributed by atoms with van der Waals surface area (Å²) in [5.74, 6) is 0.820.